The van der Waals surface area contributed by atoms with Gasteiger partial charge in [-0.25, -0.2) is 19.3 Å². The number of aromatic amines is 1. The van der Waals surface area contributed by atoms with Crippen LogP contribution in [0.4, 0.5) is 5.82 Å². The number of fused-ring (bicyclic) bond motifs is 1. The van der Waals surface area contributed by atoms with Crippen molar-refractivity contribution in [2.24, 2.45) is 0 Å². The second-order valence-electron chi connectivity index (χ2n) is 4.91. The van der Waals surface area contributed by atoms with E-state index >= 15 is 0 Å². The number of nitrogens with zero attached hydrogens (tertiary/aromatic N) is 5. The van der Waals surface area contributed by atoms with Crippen molar-refractivity contribution in [2.75, 3.05) is 44.2 Å². The molecule has 0 radical (unpaired) electrons. The van der Waals surface area contributed by atoms with Crippen LogP contribution in [0.15, 0.2) is 17.2 Å². The molecule has 0 saturated carbocycles. The summed E-state index contributed by atoms with van der Waals surface area (Å²) < 4.78 is 1.39. The molecule has 0 bridgehead atoms. The van der Waals surface area contributed by atoms with E-state index in [9.17, 15) is 4.79 Å². The molecule has 8 nitrogen and oxygen atoms in total. The van der Waals surface area contributed by atoms with Gasteiger partial charge < -0.3 is 10.0 Å². The monoisotopic (exact) mass is 278 g/mol. The Kier molecular flexibility index (Phi) is 3.66. The Balaban J connectivity index is 1.78. The molecule has 0 spiro atoms. The zero-order chi connectivity index (χ0) is 13.9. The van der Waals surface area contributed by atoms with E-state index in [2.05, 4.69) is 25.0 Å². The molecule has 2 aromatic rings. The van der Waals surface area contributed by atoms with Crippen LogP contribution < -0.4 is 10.6 Å². The summed E-state index contributed by atoms with van der Waals surface area (Å²) in [5, 5.41) is 15.4. The SMILES string of the molecule is O=c1[nH]nc2cc(N3CCCN(CCO)CC3)ncn12. The number of aliphatic hydroxyl groups is 1. The Labute approximate surface area is 115 Å². The van der Waals surface area contributed by atoms with Gasteiger partial charge in [-0.05, 0) is 13.0 Å². The first-order chi connectivity index (χ1) is 9.78. The molecular formula is C12H18N6O2. The molecule has 108 valence electrons. The fourth-order valence-corrected chi connectivity index (χ4v) is 2.54. The quantitative estimate of drug-likeness (QED) is 0.742. The number of hydrogen-bond donors (Lipinski definition) is 2. The Bertz CT molecular complexity index is 636. The van der Waals surface area contributed by atoms with Gasteiger partial charge in [0.25, 0.3) is 0 Å². The van der Waals surface area contributed by atoms with E-state index in [1.807, 2.05) is 6.07 Å². The average molecular weight is 278 g/mol. The van der Waals surface area contributed by atoms with Crippen molar-refractivity contribution in [1.29, 1.82) is 0 Å². The van der Waals surface area contributed by atoms with Crippen molar-refractivity contribution in [3.63, 3.8) is 0 Å². The van der Waals surface area contributed by atoms with E-state index in [1.165, 1.54) is 10.7 Å². The van der Waals surface area contributed by atoms with Gasteiger partial charge in [-0.3, -0.25) is 4.90 Å². The topological polar surface area (TPSA) is 89.8 Å². The first kappa shape index (κ1) is 13.1. The van der Waals surface area contributed by atoms with E-state index in [0.29, 0.717) is 5.65 Å². The highest BCUT2D eigenvalue weighted by Gasteiger charge is 2.16. The Morgan fingerprint density at radius 3 is 3.05 bits per heavy atom. The van der Waals surface area contributed by atoms with Crippen molar-refractivity contribution >= 4 is 11.5 Å². The standard InChI is InChI=1S/C12H18N6O2/c19-7-6-16-2-1-3-17(5-4-16)10-8-11-14-15-12(20)18(11)9-13-10/h8-9,19H,1-7H2,(H,15,20). The highest BCUT2D eigenvalue weighted by atomic mass is 16.3. The predicted molar refractivity (Wildman–Crippen MR) is 74.0 cm³/mol. The lowest BCUT2D eigenvalue weighted by molar-refractivity contribution is 0.204. The van der Waals surface area contributed by atoms with Gasteiger partial charge in [-0.1, -0.05) is 0 Å². The minimum absolute atomic E-state index is 0.195. The largest absolute Gasteiger partial charge is 0.395 e. The van der Waals surface area contributed by atoms with Crippen molar-refractivity contribution in [3.05, 3.63) is 22.9 Å². The number of β-amino-alcohol motifs (C(OH)–C–C–N with tert-alkyl or cyclic N) is 1. The minimum atomic E-state index is -0.274. The number of H-pyrrole nitrogens is 1. The van der Waals surface area contributed by atoms with E-state index in [0.717, 1.165) is 45.0 Å². The highest BCUT2D eigenvalue weighted by molar-refractivity contribution is 5.50. The molecule has 3 heterocycles. The number of anilines is 1. The van der Waals surface area contributed by atoms with Gasteiger partial charge in [-0.2, -0.15) is 5.10 Å². The van der Waals surface area contributed by atoms with Crippen molar-refractivity contribution in [3.8, 4) is 0 Å². The van der Waals surface area contributed by atoms with Crippen LogP contribution in [0.2, 0.25) is 0 Å². The summed E-state index contributed by atoms with van der Waals surface area (Å²) >= 11 is 0. The summed E-state index contributed by atoms with van der Waals surface area (Å²) in [6, 6.07) is 1.82. The lowest BCUT2D eigenvalue weighted by Crippen LogP contribution is -2.32. The molecule has 0 atom stereocenters. The third kappa shape index (κ3) is 2.52. The fourth-order valence-electron chi connectivity index (χ4n) is 2.54. The Morgan fingerprint density at radius 1 is 1.30 bits per heavy atom. The summed E-state index contributed by atoms with van der Waals surface area (Å²) in [5.41, 5.74) is 0.306. The molecule has 1 fully saturated rings. The molecule has 20 heavy (non-hydrogen) atoms. The second-order valence-corrected chi connectivity index (χ2v) is 4.91. The van der Waals surface area contributed by atoms with E-state index in [-0.39, 0.29) is 12.3 Å². The van der Waals surface area contributed by atoms with Gasteiger partial charge in [0, 0.05) is 32.2 Å². The lowest BCUT2D eigenvalue weighted by atomic mass is 10.3. The van der Waals surface area contributed by atoms with Crippen LogP contribution in [0.5, 0.6) is 0 Å². The molecule has 1 aliphatic heterocycles. The van der Waals surface area contributed by atoms with Gasteiger partial charge in [-0.15, -0.1) is 0 Å². The van der Waals surface area contributed by atoms with E-state index in [4.69, 9.17) is 5.11 Å². The maximum absolute atomic E-state index is 11.4. The molecule has 2 aromatic heterocycles. The summed E-state index contributed by atoms with van der Waals surface area (Å²) in [5.74, 6) is 0.836. The summed E-state index contributed by atoms with van der Waals surface area (Å²) in [4.78, 5) is 20.2. The Hall–Kier alpha value is -1.93. The fraction of sp³-hybridized carbons (Fsp3) is 0.583. The van der Waals surface area contributed by atoms with E-state index in [1.54, 1.807) is 0 Å². The molecule has 0 unspecified atom stereocenters. The first-order valence-corrected chi connectivity index (χ1v) is 6.79. The van der Waals surface area contributed by atoms with Crippen LogP contribution >= 0.6 is 0 Å². The number of nitrogens with one attached hydrogen (secondary N) is 1. The third-order valence-electron chi connectivity index (χ3n) is 3.62. The normalized spacial score (nSPS) is 17.6. The van der Waals surface area contributed by atoms with Crippen LogP contribution in [0.1, 0.15) is 6.42 Å². The average Bonchev–Trinajstić information content (AvgIpc) is 2.69. The molecule has 2 N–H and O–H groups in total. The zero-order valence-electron chi connectivity index (χ0n) is 11.2. The molecule has 0 amide bonds. The van der Waals surface area contributed by atoms with Gasteiger partial charge in [0.15, 0.2) is 5.65 Å². The first-order valence-electron chi connectivity index (χ1n) is 6.79. The molecule has 1 aliphatic rings. The van der Waals surface area contributed by atoms with Crippen molar-refractivity contribution in [2.45, 2.75) is 6.42 Å². The van der Waals surface area contributed by atoms with Crippen LogP contribution in [-0.4, -0.2) is 68.9 Å². The highest BCUT2D eigenvalue weighted by Crippen LogP contribution is 2.14. The molecule has 0 aromatic carbocycles. The number of aromatic nitrogens is 4. The maximum Gasteiger partial charge on any atom is 0.348 e. The van der Waals surface area contributed by atoms with Gasteiger partial charge in [0.05, 0.1) is 6.61 Å². The Morgan fingerprint density at radius 2 is 2.20 bits per heavy atom. The van der Waals surface area contributed by atoms with Crippen molar-refractivity contribution < 1.29 is 5.11 Å². The lowest BCUT2D eigenvalue weighted by Gasteiger charge is -2.22. The van der Waals surface area contributed by atoms with Crippen LogP contribution in [-0.2, 0) is 0 Å². The zero-order valence-corrected chi connectivity index (χ0v) is 11.2. The molecular weight excluding hydrogens is 260 g/mol. The maximum atomic E-state index is 11.4. The molecule has 0 aliphatic carbocycles. The van der Waals surface area contributed by atoms with Crippen LogP contribution in [0.3, 0.4) is 0 Å². The summed E-state index contributed by atoms with van der Waals surface area (Å²) in [6.45, 7) is 4.58. The minimum Gasteiger partial charge on any atom is -0.395 e. The van der Waals surface area contributed by atoms with Gasteiger partial charge in [0.2, 0.25) is 0 Å². The summed E-state index contributed by atoms with van der Waals surface area (Å²) in [6.07, 6.45) is 2.53. The third-order valence-corrected chi connectivity index (χ3v) is 3.62. The summed E-state index contributed by atoms with van der Waals surface area (Å²) in [7, 11) is 0. The molecule has 3 rings (SSSR count). The van der Waals surface area contributed by atoms with Crippen molar-refractivity contribution in [1.82, 2.24) is 24.5 Å². The molecule has 1 saturated heterocycles. The predicted octanol–water partition coefficient (Wildman–Crippen LogP) is -1.08. The molecule has 8 heteroatoms. The second kappa shape index (κ2) is 5.59. The van der Waals surface area contributed by atoms with Gasteiger partial charge in [0.1, 0.15) is 12.1 Å². The van der Waals surface area contributed by atoms with Gasteiger partial charge >= 0.3 is 5.69 Å². The number of aliphatic hydroxyl groups excluding tert-OH is 1. The number of hydrogen-bond acceptors (Lipinski definition) is 6. The van der Waals surface area contributed by atoms with E-state index < -0.39 is 0 Å². The van der Waals surface area contributed by atoms with Crippen LogP contribution in [0.25, 0.3) is 5.65 Å². The smallest absolute Gasteiger partial charge is 0.348 e. The number of rotatable bonds is 3. The van der Waals surface area contributed by atoms with Crippen LogP contribution in [0, 0.1) is 0 Å².